The Morgan fingerprint density at radius 1 is 0.885 bits per heavy atom. The molecule has 0 fully saturated rings. The van der Waals surface area contributed by atoms with Gasteiger partial charge in [0.1, 0.15) is 11.5 Å². The molecule has 0 aliphatic rings. The van der Waals surface area contributed by atoms with Crippen LogP contribution >= 0.6 is 0 Å². The summed E-state index contributed by atoms with van der Waals surface area (Å²) in [4.78, 5) is 11.0. The van der Waals surface area contributed by atoms with E-state index >= 15 is 0 Å². The van der Waals surface area contributed by atoms with Crippen molar-refractivity contribution in [1.29, 1.82) is 0 Å². The van der Waals surface area contributed by atoms with Gasteiger partial charge in [-0.25, -0.2) is 0 Å². The number of hydrogen-bond acceptors (Lipinski definition) is 5. The van der Waals surface area contributed by atoms with Gasteiger partial charge in [0, 0.05) is 6.54 Å². The molecule has 0 rings (SSSR count). The van der Waals surface area contributed by atoms with Gasteiger partial charge in [0.05, 0.1) is 6.61 Å². The molecule has 0 radical (unpaired) electrons. The monoisotopic (exact) mass is 389 g/mol. The summed E-state index contributed by atoms with van der Waals surface area (Å²) in [6.07, 6.45) is 19.4. The Hall–Kier alpha value is -0.720. The smallest absolute Gasteiger partial charge is 0.277 e. The second-order valence-electron chi connectivity index (χ2n) is 6.80. The first-order valence-electron chi connectivity index (χ1n) is 10.3. The van der Waals surface area contributed by atoms with Crippen LogP contribution in [0.4, 0.5) is 0 Å². The molecule has 0 amide bonds. The maximum absolute atomic E-state index is 11.8. The van der Waals surface area contributed by atoms with E-state index in [1.807, 2.05) is 0 Å². The summed E-state index contributed by atoms with van der Waals surface area (Å²) < 4.78 is 28.2. The van der Waals surface area contributed by atoms with Crippen LogP contribution < -0.4 is 5.73 Å². The van der Waals surface area contributed by atoms with Crippen LogP contribution in [0.5, 0.6) is 0 Å². The minimum absolute atomic E-state index is 0.0717. The van der Waals surface area contributed by atoms with Crippen LogP contribution in [0.25, 0.3) is 0 Å². The van der Waals surface area contributed by atoms with Gasteiger partial charge in [0.25, 0.3) is 10.1 Å². The van der Waals surface area contributed by atoms with Gasteiger partial charge in [0.15, 0.2) is 0 Å². The van der Waals surface area contributed by atoms with Gasteiger partial charge in [-0.3, -0.25) is 4.18 Å². The van der Waals surface area contributed by atoms with Crippen LogP contribution in [0.1, 0.15) is 90.4 Å². The van der Waals surface area contributed by atoms with Crippen molar-refractivity contribution in [3.8, 4) is 0 Å². The van der Waals surface area contributed by atoms with E-state index in [9.17, 15) is 13.2 Å². The molecule has 0 aliphatic heterocycles. The maximum Gasteiger partial charge on any atom is 0.277 e. The van der Waals surface area contributed by atoms with Gasteiger partial charge in [-0.2, -0.15) is 8.42 Å². The van der Waals surface area contributed by atoms with E-state index in [1.165, 1.54) is 44.9 Å². The largest absolute Gasteiger partial charge is 0.328 e. The third kappa shape index (κ3) is 14.4. The number of allylic oxidation sites excluding steroid dienone is 2. The van der Waals surface area contributed by atoms with Crippen LogP contribution in [0.2, 0.25) is 0 Å². The Bertz CT molecular complexity index is 449. The lowest BCUT2D eigenvalue weighted by Crippen LogP contribution is -2.27. The average Bonchev–Trinajstić information content (AvgIpc) is 2.63. The normalized spacial score (nSPS) is 13.3. The van der Waals surface area contributed by atoms with Crippen LogP contribution in [0.3, 0.4) is 0 Å². The predicted molar refractivity (Wildman–Crippen MR) is 109 cm³/mol. The Morgan fingerprint density at radius 3 is 1.96 bits per heavy atom. The molecule has 154 valence electrons. The van der Waals surface area contributed by atoms with Gasteiger partial charge >= 0.3 is 0 Å². The highest BCUT2D eigenvalue weighted by atomic mass is 32.2. The van der Waals surface area contributed by atoms with Crippen molar-refractivity contribution in [2.45, 2.75) is 95.6 Å². The van der Waals surface area contributed by atoms with Crippen molar-refractivity contribution in [1.82, 2.24) is 0 Å². The van der Waals surface area contributed by atoms with Crippen LogP contribution in [-0.2, 0) is 19.1 Å². The molecule has 0 aromatic heterocycles. The van der Waals surface area contributed by atoms with E-state index in [0.717, 1.165) is 32.1 Å². The molecule has 0 bridgehead atoms. The summed E-state index contributed by atoms with van der Waals surface area (Å²) in [6, 6.07) is 0. The summed E-state index contributed by atoms with van der Waals surface area (Å²) in [6.45, 7) is 2.29. The van der Waals surface area contributed by atoms with E-state index < -0.39 is 15.4 Å². The summed E-state index contributed by atoms with van der Waals surface area (Å²) in [7, 11) is -3.81. The highest BCUT2D eigenvalue weighted by Gasteiger charge is 2.25. The lowest BCUT2D eigenvalue weighted by Gasteiger charge is -2.11. The second kappa shape index (κ2) is 17.7. The van der Waals surface area contributed by atoms with E-state index in [0.29, 0.717) is 12.7 Å². The Balaban J connectivity index is 3.59. The highest BCUT2D eigenvalue weighted by Crippen LogP contribution is 2.13. The molecule has 6 heteroatoms. The van der Waals surface area contributed by atoms with E-state index in [1.54, 1.807) is 0 Å². The topological polar surface area (TPSA) is 86.5 Å². The number of carbonyl (C=O) groups is 1. The zero-order valence-electron chi connectivity index (χ0n) is 16.5. The molecule has 0 heterocycles. The van der Waals surface area contributed by atoms with Crippen molar-refractivity contribution in [2.24, 2.45) is 5.73 Å². The molecule has 0 saturated heterocycles. The van der Waals surface area contributed by atoms with Crippen molar-refractivity contribution < 1.29 is 17.4 Å². The van der Waals surface area contributed by atoms with E-state index in [-0.39, 0.29) is 13.2 Å². The first-order valence-corrected chi connectivity index (χ1v) is 11.7. The third-order valence-corrected chi connectivity index (χ3v) is 5.97. The first-order chi connectivity index (χ1) is 12.6. The van der Waals surface area contributed by atoms with Gasteiger partial charge in [0.2, 0.25) is 0 Å². The van der Waals surface area contributed by atoms with Gasteiger partial charge in [-0.05, 0) is 32.1 Å². The molecular formula is C20H39NO4S. The molecule has 1 unspecified atom stereocenters. The number of aldehydes is 1. The standard InChI is InChI=1S/C20H39NO4S/c1-2-3-4-5-6-7-8-9-10-11-12-13-14-15-16-20(19-22)26(23,24)25-18-17-21/h9-10,19-20H,2-8,11-18,21H2,1H3/b10-9-. The highest BCUT2D eigenvalue weighted by molar-refractivity contribution is 7.88. The van der Waals surface area contributed by atoms with Crippen molar-refractivity contribution in [3.63, 3.8) is 0 Å². The zero-order chi connectivity index (χ0) is 19.5. The number of rotatable bonds is 19. The molecule has 0 spiro atoms. The minimum Gasteiger partial charge on any atom is -0.328 e. The number of unbranched alkanes of at least 4 members (excludes halogenated alkanes) is 10. The molecular weight excluding hydrogens is 350 g/mol. The van der Waals surface area contributed by atoms with Crippen molar-refractivity contribution >= 4 is 16.4 Å². The number of nitrogens with two attached hydrogens (primary N) is 1. The lowest BCUT2D eigenvalue weighted by atomic mass is 10.1. The average molecular weight is 390 g/mol. The molecule has 26 heavy (non-hydrogen) atoms. The Kier molecular flexibility index (Phi) is 17.2. The Labute approximate surface area is 160 Å². The van der Waals surface area contributed by atoms with E-state index in [4.69, 9.17) is 9.92 Å². The fourth-order valence-electron chi connectivity index (χ4n) is 2.77. The minimum atomic E-state index is -3.81. The van der Waals surface area contributed by atoms with Crippen molar-refractivity contribution in [2.75, 3.05) is 13.2 Å². The first kappa shape index (κ1) is 25.3. The molecule has 0 aromatic rings. The summed E-state index contributed by atoms with van der Waals surface area (Å²) in [5.41, 5.74) is 5.22. The summed E-state index contributed by atoms with van der Waals surface area (Å²) in [5.74, 6) is 0. The lowest BCUT2D eigenvalue weighted by molar-refractivity contribution is -0.107. The van der Waals surface area contributed by atoms with Gasteiger partial charge < -0.3 is 10.5 Å². The molecule has 2 N–H and O–H groups in total. The third-order valence-electron chi connectivity index (χ3n) is 4.39. The second-order valence-corrected chi connectivity index (χ2v) is 8.62. The van der Waals surface area contributed by atoms with Crippen LogP contribution in [0, 0.1) is 0 Å². The maximum atomic E-state index is 11.8. The quantitative estimate of drug-likeness (QED) is 0.152. The van der Waals surface area contributed by atoms with Gasteiger partial charge in [-0.1, -0.05) is 70.4 Å². The molecule has 5 nitrogen and oxygen atoms in total. The summed E-state index contributed by atoms with van der Waals surface area (Å²) in [5, 5.41) is -1.06. The molecule has 0 aromatic carbocycles. The molecule has 1 atom stereocenters. The SMILES string of the molecule is CCCCCCCC/C=C\CCCCCCC(C=O)S(=O)(=O)OCCN. The predicted octanol–water partition coefficient (Wildman–Crippen LogP) is 4.51. The number of hydrogen-bond donors (Lipinski definition) is 1. The fraction of sp³-hybridized carbons (Fsp3) is 0.850. The van der Waals surface area contributed by atoms with Gasteiger partial charge in [-0.15, -0.1) is 0 Å². The van der Waals surface area contributed by atoms with Crippen molar-refractivity contribution in [3.05, 3.63) is 12.2 Å². The van der Waals surface area contributed by atoms with E-state index in [2.05, 4.69) is 19.1 Å². The Morgan fingerprint density at radius 2 is 1.42 bits per heavy atom. The molecule has 0 aliphatic carbocycles. The number of carbonyl (C=O) groups excluding carboxylic acids is 1. The van der Waals surface area contributed by atoms with Crippen LogP contribution in [0.15, 0.2) is 12.2 Å². The zero-order valence-corrected chi connectivity index (χ0v) is 17.4. The fourth-order valence-corrected chi connectivity index (χ4v) is 3.87. The summed E-state index contributed by atoms with van der Waals surface area (Å²) >= 11 is 0. The van der Waals surface area contributed by atoms with Crippen LogP contribution in [-0.4, -0.2) is 33.1 Å². The molecule has 0 saturated carbocycles.